The number of unbranched alkanes of at least 4 members (excludes halogenated alkanes) is 12. The van der Waals surface area contributed by atoms with Gasteiger partial charge in [0, 0.05) is 0 Å². The van der Waals surface area contributed by atoms with Crippen LogP contribution in [0.3, 0.4) is 0 Å². The van der Waals surface area contributed by atoms with Crippen molar-refractivity contribution in [3.8, 4) is 0 Å². The topological polar surface area (TPSA) is 66.4 Å². The monoisotopic (exact) mass is 354 g/mol. The van der Waals surface area contributed by atoms with E-state index in [1.165, 1.54) is 57.8 Å². The third-order valence-corrected chi connectivity index (χ3v) is 4.34. The van der Waals surface area contributed by atoms with Crippen LogP contribution in [-0.4, -0.2) is 19.6 Å². The number of hydrogen-bond donors (Lipinski definition) is 0. The Labute approximate surface area is 162 Å². The van der Waals surface area contributed by atoms with Crippen molar-refractivity contribution in [3.05, 3.63) is 12.2 Å². The fraction of sp³-hybridized carbons (Fsp3) is 0.889. The fourth-order valence-corrected chi connectivity index (χ4v) is 2.83. The Morgan fingerprint density at radius 3 is 1.62 bits per heavy atom. The minimum Gasteiger partial charge on any atom is -0.726 e. The molecular formula is C18H35LiO4S. The van der Waals surface area contributed by atoms with Gasteiger partial charge in [-0.15, -0.1) is 0 Å². The molecule has 6 heteroatoms. The van der Waals surface area contributed by atoms with Gasteiger partial charge in [-0.25, -0.2) is 8.42 Å². The molecule has 0 fully saturated rings. The van der Waals surface area contributed by atoms with Crippen molar-refractivity contribution in [1.82, 2.24) is 0 Å². The van der Waals surface area contributed by atoms with Gasteiger partial charge >= 0.3 is 18.9 Å². The molecule has 0 aromatic heterocycles. The number of rotatable bonds is 17. The van der Waals surface area contributed by atoms with Crippen molar-refractivity contribution < 1.29 is 36.0 Å². The van der Waals surface area contributed by atoms with Crippen LogP contribution < -0.4 is 18.9 Å². The third kappa shape index (κ3) is 24.5. The van der Waals surface area contributed by atoms with E-state index in [1.54, 1.807) is 0 Å². The maximum Gasteiger partial charge on any atom is 1.00 e. The van der Waals surface area contributed by atoms with Crippen LogP contribution in [0.25, 0.3) is 0 Å². The normalized spacial score (nSPS) is 11.8. The standard InChI is InChI=1S/C18H36O4S.Li/c1-2-3-4-5-6-7-8-9-10-11-12-13-14-15-16-17-18-22-23(19,20)21;/h9-10H,2-8,11-18H2,1H3,(H,19,20,21);/q;+1/p-1/b10-9-;. The third-order valence-electron chi connectivity index (χ3n) is 3.88. The van der Waals surface area contributed by atoms with E-state index in [0.29, 0.717) is 6.42 Å². The predicted molar refractivity (Wildman–Crippen MR) is 95.1 cm³/mol. The van der Waals surface area contributed by atoms with E-state index < -0.39 is 10.4 Å². The van der Waals surface area contributed by atoms with Crippen molar-refractivity contribution in [3.63, 3.8) is 0 Å². The summed E-state index contributed by atoms with van der Waals surface area (Å²) in [7, 11) is -4.50. The van der Waals surface area contributed by atoms with Gasteiger partial charge in [0.25, 0.3) is 0 Å². The van der Waals surface area contributed by atoms with Crippen LogP contribution in [0.1, 0.15) is 96.8 Å². The Bertz CT molecular complexity index is 369. The fourth-order valence-electron chi connectivity index (χ4n) is 2.51. The summed E-state index contributed by atoms with van der Waals surface area (Å²) in [4.78, 5) is 0. The van der Waals surface area contributed by atoms with Gasteiger partial charge in [0.2, 0.25) is 10.4 Å². The van der Waals surface area contributed by atoms with Crippen LogP contribution >= 0.6 is 0 Å². The predicted octanol–water partition coefficient (Wildman–Crippen LogP) is 2.50. The summed E-state index contributed by atoms with van der Waals surface area (Å²) >= 11 is 0. The molecule has 0 unspecified atom stereocenters. The quantitative estimate of drug-likeness (QED) is 0.132. The van der Waals surface area contributed by atoms with Crippen LogP contribution in [0.4, 0.5) is 0 Å². The molecule has 0 atom stereocenters. The smallest absolute Gasteiger partial charge is 0.726 e. The first-order valence-corrected chi connectivity index (χ1v) is 10.6. The Balaban J connectivity index is 0. The Hall–Kier alpha value is 0.207. The van der Waals surface area contributed by atoms with Crippen molar-refractivity contribution in [2.24, 2.45) is 0 Å². The Kier molecular flexibility index (Phi) is 21.5. The molecule has 0 aliphatic heterocycles. The zero-order valence-corrected chi connectivity index (χ0v) is 16.6. The summed E-state index contributed by atoms with van der Waals surface area (Å²) < 4.78 is 34.8. The molecule has 0 heterocycles. The van der Waals surface area contributed by atoms with E-state index in [0.717, 1.165) is 25.7 Å². The molecule has 24 heavy (non-hydrogen) atoms. The zero-order chi connectivity index (χ0) is 17.2. The first kappa shape index (κ1) is 26.4. The summed E-state index contributed by atoms with van der Waals surface area (Å²) in [6.45, 7) is 2.27. The van der Waals surface area contributed by atoms with Gasteiger partial charge < -0.3 is 4.55 Å². The number of allylic oxidation sites excluding steroid dienone is 2. The van der Waals surface area contributed by atoms with Gasteiger partial charge in [0.15, 0.2) is 0 Å². The molecule has 138 valence electrons. The number of hydrogen-bond acceptors (Lipinski definition) is 4. The van der Waals surface area contributed by atoms with Gasteiger partial charge in [-0.1, -0.05) is 76.9 Å². The molecule has 0 aromatic rings. The molecule has 0 saturated carbocycles. The Morgan fingerprint density at radius 1 is 0.750 bits per heavy atom. The first-order valence-electron chi connectivity index (χ1n) is 9.31. The molecule has 0 aliphatic rings. The van der Waals surface area contributed by atoms with E-state index >= 15 is 0 Å². The maximum atomic E-state index is 10.2. The van der Waals surface area contributed by atoms with E-state index in [-0.39, 0.29) is 25.5 Å². The zero-order valence-electron chi connectivity index (χ0n) is 15.8. The van der Waals surface area contributed by atoms with Gasteiger partial charge in [-0.3, -0.25) is 4.18 Å². The van der Waals surface area contributed by atoms with Crippen LogP contribution in [0.15, 0.2) is 12.2 Å². The second-order valence-corrected chi connectivity index (χ2v) is 7.22. The minimum atomic E-state index is -4.50. The molecule has 0 aromatic carbocycles. The van der Waals surface area contributed by atoms with Gasteiger partial charge in [0.1, 0.15) is 0 Å². The van der Waals surface area contributed by atoms with Gasteiger partial charge in [-0.05, 0) is 32.1 Å². The van der Waals surface area contributed by atoms with Crippen LogP contribution in [0, 0.1) is 0 Å². The van der Waals surface area contributed by atoms with E-state index in [9.17, 15) is 13.0 Å². The first-order chi connectivity index (χ1) is 11.1. The van der Waals surface area contributed by atoms with Gasteiger partial charge in [-0.2, -0.15) is 0 Å². The summed E-state index contributed by atoms with van der Waals surface area (Å²) in [6, 6.07) is 0. The molecule has 0 radical (unpaired) electrons. The molecule has 0 aliphatic carbocycles. The van der Waals surface area contributed by atoms with Crippen molar-refractivity contribution in [2.75, 3.05) is 6.61 Å². The van der Waals surface area contributed by atoms with Crippen molar-refractivity contribution >= 4 is 10.4 Å². The molecule has 0 amide bonds. The summed E-state index contributed by atoms with van der Waals surface area (Å²) in [5, 5.41) is 0. The van der Waals surface area contributed by atoms with Crippen LogP contribution in [0.5, 0.6) is 0 Å². The van der Waals surface area contributed by atoms with Crippen LogP contribution in [-0.2, 0) is 14.6 Å². The average Bonchev–Trinajstić information content (AvgIpc) is 2.49. The van der Waals surface area contributed by atoms with Crippen molar-refractivity contribution in [2.45, 2.75) is 96.8 Å². The van der Waals surface area contributed by atoms with Crippen LogP contribution in [0.2, 0.25) is 0 Å². The Morgan fingerprint density at radius 2 is 1.17 bits per heavy atom. The van der Waals surface area contributed by atoms with E-state index in [2.05, 4.69) is 23.3 Å². The molecular weight excluding hydrogens is 319 g/mol. The SMILES string of the molecule is CCCCCCCC/C=C\CCCCCCCCOS(=O)(=O)[O-].[Li+]. The molecule has 0 spiro atoms. The molecule has 0 bridgehead atoms. The second kappa shape index (κ2) is 19.5. The van der Waals surface area contributed by atoms with E-state index in [1.807, 2.05) is 0 Å². The molecule has 0 N–H and O–H groups in total. The average molecular weight is 354 g/mol. The molecule has 0 saturated heterocycles. The summed E-state index contributed by atoms with van der Waals surface area (Å²) in [5.74, 6) is 0. The minimum absolute atomic E-state index is 0. The molecule has 0 rings (SSSR count). The van der Waals surface area contributed by atoms with Crippen molar-refractivity contribution in [1.29, 1.82) is 0 Å². The summed E-state index contributed by atoms with van der Waals surface area (Å²) in [6.07, 6.45) is 21.4. The largest absolute Gasteiger partial charge is 1.00 e. The van der Waals surface area contributed by atoms with Gasteiger partial charge in [0.05, 0.1) is 6.61 Å². The van der Waals surface area contributed by atoms with E-state index in [4.69, 9.17) is 0 Å². The molecule has 4 nitrogen and oxygen atoms in total. The summed E-state index contributed by atoms with van der Waals surface area (Å²) in [5.41, 5.74) is 0. The second-order valence-electron chi connectivity index (χ2n) is 6.17. The maximum absolute atomic E-state index is 10.2.